The first-order valence-corrected chi connectivity index (χ1v) is 9.35. The minimum absolute atomic E-state index is 0.0370. The van der Waals surface area contributed by atoms with E-state index in [-0.39, 0.29) is 18.8 Å². The lowest BCUT2D eigenvalue weighted by Crippen LogP contribution is -2.55. The number of aliphatic carboxylic acids is 1. The molecule has 0 aromatic rings. The third-order valence-electron chi connectivity index (χ3n) is 3.51. The van der Waals surface area contributed by atoms with Crippen molar-refractivity contribution in [3.05, 3.63) is 0 Å². The Morgan fingerprint density at radius 1 is 1.08 bits per heavy atom. The van der Waals surface area contributed by atoms with E-state index >= 15 is 0 Å². The van der Waals surface area contributed by atoms with E-state index in [4.69, 9.17) is 11.5 Å². The zero-order valence-corrected chi connectivity index (χ0v) is 15.6. The first-order valence-electron chi connectivity index (χ1n) is 7.96. The third kappa shape index (κ3) is 9.30. The van der Waals surface area contributed by atoms with Gasteiger partial charge in [0.15, 0.2) is 0 Å². The molecule has 0 aromatic heterocycles. The molecule has 0 fully saturated rings. The fourth-order valence-corrected chi connectivity index (χ4v) is 2.45. The van der Waals surface area contributed by atoms with Crippen LogP contribution in [0.4, 0.5) is 0 Å². The highest BCUT2D eigenvalue weighted by Crippen LogP contribution is 2.06. The molecule has 10 heteroatoms. The second kappa shape index (κ2) is 11.7. The quantitative estimate of drug-likeness (QED) is 0.293. The van der Waals surface area contributed by atoms with Crippen LogP contribution in [0.15, 0.2) is 0 Å². The summed E-state index contributed by atoms with van der Waals surface area (Å²) in [6.45, 7) is 3.35. The number of primary amides is 1. The summed E-state index contributed by atoms with van der Waals surface area (Å²) >= 11 is 1.49. The maximum absolute atomic E-state index is 12.4. The number of carboxylic acids is 1. The fraction of sp³-hybridized carbons (Fsp3) is 0.733. The molecule has 0 aliphatic carbocycles. The summed E-state index contributed by atoms with van der Waals surface area (Å²) in [4.78, 5) is 46.5. The van der Waals surface area contributed by atoms with Crippen LogP contribution in [0.3, 0.4) is 0 Å². The summed E-state index contributed by atoms with van der Waals surface area (Å²) in [6, 6.07) is -2.93. The lowest BCUT2D eigenvalue weighted by atomic mass is 10.0. The third-order valence-corrected chi connectivity index (χ3v) is 4.16. The highest BCUT2D eigenvalue weighted by Gasteiger charge is 2.29. The van der Waals surface area contributed by atoms with Crippen LogP contribution in [-0.2, 0) is 19.2 Å². The Hall–Kier alpha value is -1.81. The zero-order chi connectivity index (χ0) is 19.6. The smallest absolute Gasteiger partial charge is 0.326 e. The largest absolute Gasteiger partial charge is 0.480 e. The molecule has 0 bridgehead atoms. The molecule has 9 nitrogen and oxygen atoms in total. The van der Waals surface area contributed by atoms with Gasteiger partial charge >= 0.3 is 5.97 Å². The molecule has 0 heterocycles. The number of carbonyl (C=O) groups is 4. The number of nitrogens with one attached hydrogen (secondary N) is 2. The van der Waals surface area contributed by atoms with Crippen LogP contribution in [0, 0.1) is 5.92 Å². The van der Waals surface area contributed by atoms with E-state index in [1.165, 1.54) is 11.8 Å². The molecule has 3 atom stereocenters. The van der Waals surface area contributed by atoms with Crippen LogP contribution in [0.25, 0.3) is 0 Å². The van der Waals surface area contributed by atoms with Crippen molar-refractivity contribution in [1.82, 2.24) is 10.6 Å². The van der Waals surface area contributed by atoms with Crippen molar-refractivity contribution in [2.45, 2.75) is 51.2 Å². The average Bonchev–Trinajstić information content (AvgIpc) is 2.52. The fourth-order valence-electron chi connectivity index (χ4n) is 1.98. The van der Waals surface area contributed by atoms with E-state index in [1.807, 2.05) is 6.26 Å². The molecule has 0 unspecified atom stereocenters. The predicted octanol–water partition coefficient (Wildman–Crippen LogP) is -0.957. The van der Waals surface area contributed by atoms with Gasteiger partial charge in [-0.1, -0.05) is 13.8 Å². The molecular formula is C15H28N4O5S. The Bertz CT molecular complexity index is 487. The van der Waals surface area contributed by atoms with Gasteiger partial charge in [-0.2, -0.15) is 11.8 Å². The molecule has 0 aliphatic heterocycles. The number of carbonyl (C=O) groups excluding carboxylic acids is 3. The summed E-state index contributed by atoms with van der Waals surface area (Å²) in [7, 11) is 0. The Morgan fingerprint density at radius 2 is 1.68 bits per heavy atom. The van der Waals surface area contributed by atoms with Gasteiger partial charge in [-0.25, -0.2) is 4.79 Å². The zero-order valence-electron chi connectivity index (χ0n) is 14.8. The molecule has 0 rings (SSSR count). The standard InChI is InChI=1S/C15H28N4O5S/c1-8(2)12(15(23)24)19-14(22)10(6-7-25-3)18-13(21)9(16)4-5-11(17)20/h8-10,12H,4-7,16H2,1-3H3,(H2,17,20)(H,18,21)(H,19,22)(H,23,24)/t9-,10-,12-/m0/s1. The normalized spacial score (nSPS) is 14.4. The van der Waals surface area contributed by atoms with Crippen LogP contribution < -0.4 is 22.1 Å². The number of rotatable bonds is 12. The lowest BCUT2D eigenvalue weighted by Gasteiger charge is -2.24. The Morgan fingerprint density at radius 3 is 2.12 bits per heavy atom. The van der Waals surface area contributed by atoms with Crippen molar-refractivity contribution >= 4 is 35.5 Å². The molecule has 0 radical (unpaired) electrons. The second-order valence-electron chi connectivity index (χ2n) is 6.02. The maximum Gasteiger partial charge on any atom is 0.326 e. The van der Waals surface area contributed by atoms with Crippen LogP contribution in [0.2, 0.25) is 0 Å². The highest BCUT2D eigenvalue weighted by atomic mass is 32.2. The monoisotopic (exact) mass is 376 g/mol. The van der Waals surface area contributed by atoms with E-state index in [0.29, 0.717) is 12.2 Å². The van der Waals surface area contributed by atoms with Crippen molar-refractivity contribution in [3.63, 3.8) is 0 Å². The minimum Gasteiger partial charge on any atom is -0.480 e. The first-order chi connectivity index (χ1) is 11.6. The van der Waals surface area contributed by atoms with Crippen molar-refractivity contribution in [2.24, 2.45) is 17.4 Å². The summed E-state index contributed by atoms with van der Waals surface area (Å²) < 4.78 is 0. The average molecular weight is 376 g/mol. The summed E-state index contributed by atoms with van der Waals surface area (Å²) in [5, 5.41) is 14.1. The Labute approximate surface area is 151 Å². The topological polar surface area (TPSA) is 165 Å². The predicted molar refractivity (Wildman–Crippen MR) is 95.7 cm³/mol. The number of hydrogen-bond acceptors (Lipinski definition) is 6. The molecule has 7 N–H and O–H groups in total. The van der Waals surface area contributed by atoms with E-state index in [0.717, 1.165) is 0 Å². The number of carboxylic acid groups (broad SMARTS) is 1. The maximum atomic E-state index is 12.4. The number of thioether (sulfide) groups is 1. The molecule has 0 saturated heterocycles. The molecular weight excluding hydrogens is 348 g/mol. The van der Waals surface area contributed by atoms with Crippen LogP contribution in [-0.4, -0.2) is 58.9 Å². The first kappa shape index (κ1) is 23.2. The van der Waals surface area contributed by atoms with Crippen LogP contribution >= 0.6 is 11.8 Å². The van der Waals surface area contributed by atoms with Crippen molar-refractivity contribution in [2.75, 3.05) is 12.0 Å². The highest BCUT2D eigenvalue weighted by molar-refractivity contribution is 7.98. The summed E-state index contributed by atoms with van der Waals surface area (Å²) in [5.74, 6) is -2.59. The molecule has 144 valence electrons. The second-order valence-corrected chi connectivity index (χ2v) is 7.01. The van der Waals surface area contributed by atoms with Gasteiger partial charge in [0, 0.05) is 6.42 Å². The molecule has 25 heavy (non-hydrogen) atoms. The Kier molecular flexibility index (Phi) is 10.8. The van der Waals surface area contributed by atoms with Gasteiger partial charge in [0.05, 0.1) is 6.04 Å². The van der Waals surface area contributed by atoms with Gasteiger partial charge in [0.25, 0.3) is 0 Å². The van der Waals surface area contributed by atoms with Crippen molar-refractivity contribution < 1.29 is 24.3 Å². The van der Waals surface area contributed by atoms with Gasteiger partial charge in [-0.15, -0.1) is 0 Å². The molecule has 0 aliphatic rings. The molecule has 3 amide bonds. The van der Waals surface area contributed by atoms with E-state index in [1.54, 1.807) is 13.8 Å². The van der Waals surface area contributed by atoms with Gasteiger partial charge < -0.3 is 27.2 Å². The summed E-state index contributed by atoms with van der Waals surface area (Å²) in [6.07, 6.45) is 2.21. The number of nitrogens with two attached hydrogens (primary N) is 2. The molecule has 0 aromatic carbocycles. The number of hydrogen-bond donors (Lipinski definition) is 5. The molecule has 0 spiro atoms. The van der Waals surface area contributed by atoms with Gasteiger partial charge in [0.2, 0.25) is 17.7 Å². The van der Waals surface area contributed by atoms with Crippen LogP contribution in [0.1, 0.15) is 33.1 Å². The molecule has 0 saturated carbocycles. The lowest BCUT2D eigenvalue weighted by molar-refractivity contribution is -0.143. The van der Waals surface area contributed by atoms with E-state index < -0.39 is 41.8 Å². The Balaban J connectivity index is 4.92. The van der Waals surface area contributed by atoms with Gasteiger partial charge in [-0.3, -0.25) is 14.4 Å². The number of amides is 3. The van der Waals surface area contributed by atoms with Crippen molar-refractivity contribution in [1.29, 1.82) is 0 Å². The van der Waals surface area contributed by atoms with E-state index in [9.17, 15) is 24.3 Å². The van der Waals surface area contributed by atoms with Crippen molar-refractivity contribution in [3.8, 4) is 0 Å². The van der Waals surface area contributed by atoms with Gasteiger partial charge in [-0.05, 0) is 30.8 Å². The van der Waals surface area contributed by atoms with Crippen LogP contribution in [0.5, 0.6) is 0 Å². The van der Waals surface area contributed by atoms with Gasteiger partial charge in [0.1, 0.15) is 12.1 Å². The summed E-state index contributed by atoms with van der Waals surface area (Å²) in [5.41, 5.74) is 10.7. The van der Waals surface area contributed by atoms with E-state index in [2.05, 4.69) is 10.6 Å². The minimum atomic E-state index is -1.14. The SMILES string of the molecule is CSCC[C@H](NC(=O)[C@@H](N)CCC(N)=O)C(=O)N[C@H](C(=O)O)C(C)C.